The first kappa shape index (κ1) is 37.0. The third-order valence-corrected chi connectivity index (χ3v) is 8.30. The summed E-state index contributed by atoms with van der Waals surface area (Å²) in [6.45, 7) is 7.95. The highest BCUT2D eigenvalue weighted by Crippen LogP contribution is 2.40. The summed E-state index contributed by atoms with van der Waals surface area (Å²) in [5, 5.41) is 2.65. The van der Waals surface area contributed by atoms with E-state index >= 15 is 0 Å². The van der Waals surface area contributed by atoms with Gasteiger partial charge in [0.15, 0.2) is 11.6 Å². The van der Waals surface area contributed by atoms with Crippen LogP contribution in [0.2, 0.25) is 0 Å². The van der Waals surface area contributed by atoms with Gasteiger partial charge in [0, 0.05) is 13.2 Å². The molecule has 0 radical (unpaired) electrons. The lowest BCUT2D eigenvalue weighted by atomic mass is 9.97. The Morgan fingerprint density at radius 2 is 1.65 bits per heavy atom. The van der Waals surface area contributed by atoms with Crippen LogP contribution in [-0.2, 0) is 25.7 Å². The number of rotatable bonds is 14. The number of hydrogen-bond donors (Lipinski definition) is 1. The van der Waals surface area contributed by atoms with Crippen LogP contribution in [0.15, 0.2) is 97.2 Å². The number of carbonyl (C=O) groups excluding carboxylic acids is 3. The Morgan fingerprint density at radius 3 is 2.35 bits per heavy atom. The summed E-state index contributed by atoms with van der Waals surface area (Å²) in [6, 6.07) is 26.6. The minimum absolute atomic E-state index is 0.0326. The molecule has 0 saturated heterocycles. The first-order valence-electron chi connectivity index (χ1n) is 17.2. The molecule has 3 aromatic carbocycles. The maximum atomic E-state index is 14.8. The van der Waals surface area contributed by atoms with Gasteiger partial charge >= 0.3 is 6.09 Å². The number of benzene rings is 3. The van der Waals surface area contributed by atoms with E-state index in [0.717, 1.165) is 17.5 Å². The normalized spacial score (nSPS) is 15.2. The van der Waals surface area contributed by atoms with Gasteiger partial charge in [-0.15, -0.1) is 0 Å². The Balaban J connectivity index is 1.35. The molecule has 268 valence electrons. The molecule has 4 aromatic rings. The monoisotopic (exact) mass is 694 g/mol. The van der Waals surface area contributed by atoms with Gasteiger partial charge in [-0.1, -0.05) is 66.7 Å². The fraction of sp³-hybridized carbons (Fsp3) is 0.350. The third kappa shape index (κ3) is 9.50. The molecule has 0 bridgehead atoms. The van der Waals surface area contributed by atoms with E-state index in [1.807, 2.05) is 85.8 Å². The van der Waals surface area contributed by atoms with E-state index < -0.39 is 23.8 Å². The number of aromatic nitrogens is 1. The molecule has 3 amide bonds. The second-order valence-electron chi connectivity index (χ2n) is 13.2. The molecule has 1 aliphatic rings. The number of carbonyl (C=O) groups is 3. The van der Waals surface area contributed by atoms with Crippen LogP contribution in [0.5, 0.6) is 5.75 Å². The van der Waals surface area contributed by atoms with Gasteiger partial charge in [-0.25, -0.2) is 19.6 Å². The van der Waals surface area contributed by atoms with Crippen LogP contribution in [0.3, 0.4) is 0 Å². The Kier molecular flexibility index (Phi) is 12.4. The maximum Gasteiger partial charge on any atom is 0.413 e. The minimum Gasteiger partial charge on any atom is -0.490 e. The number of anilines is 2. The molecule has 1 N–H and O–H groups in total. The van der Waals surface area contributed by atoms with Crippen molar-refractivity contribution >= 4 is 29.4 Å². The molecular weight excluding hydrogens is 648 g/mol. The Bertz CT molecular complexity index is 1780. The molecule has 1 aliphatic heterocycles. The molecule has 11 nitrogen and oxygen atoms in total. The van der Waals surface area contributed by atoms with Crippen LogP contribution in [0, 0.1) is 0 Å². The van der Waals surface area contributed by atoms with Gasteiger partial charge in [0.25, 0.3) is 11.8 Å². The SMILES string of the molecule is CCOOCC(c1ccccc1)N1C(=O)c2cc(CCCCOc3cccnc3NC(=O)OC(C)(C)C)ccc2N(C)C(=O)C1c1ccccc1. The van der Waals surface area contributed by atoms with Crippen LogP contribution < -0.4 is 15.0 Å². The van der Waals surface area contributed by atoms with E-state index in [9.17, 15) is 14.4 Å². The van der Waals surface area contributed by atoms with E-state index in [1.165, 1.54) is 0 Å². The highest BCUT2D eigenvalue weighted by Gasteiger charge is 2.43. The highest BCUT2D eigenvalue weighted by molar-refractivity contribution is 6.11. The molecule has 2 unspecified atom stereocenters. The van der Waals surface area contributed by atoms with E-state index in [1.54, 1.807) is 55.9 Å². The van der Waals surface area contributed by atoms with Crippen LogP contribution in [0.1, 0.15) is 79.7 Å². The third-order valence-electron chi connectivity index (χ3n) is 8.30. The first-order valence-corrected chi connectivity index (χ1v) is 17.2. The zero-order chi connectivity index (χ0) is 36.4. The maximum absolute atomic E-state index is 14.8. The number of likely N-dealkylation sites (N-methyl/N-ethyl adjacent to an activating group) is 1. The minimum atomic E-state index is -0.908. The number of nitrogens with one attached hydrogen (secondary N) is 1. The lowest BCUT2D eigenvalue weighted by molar-refractivity contribution is -0.298. The quantitative estimate of drug-likeness (QED) is 0.0811. The standard InChI is InChI=1S/C40H46N4O7/c1-6-49-50-27-33(29-17-9-7-10-18-29)44-35(30-19-11-8-12-20-30)38(46)43(5)32-23-22-28(26-31(32)37(44)45)16-13-14-25-48-34-21-15-24-41-36(34)42-39(47)51-40(2,3)4/h7-12,15,17-24,26,33,35H,6,13-14,16,25,27H2,1-5H3,(H,41,42,47). The van der Waals surface area contributed by atoms with Gasteiger partial charge in [0.2, 0.25) is 0 Å². The number of fused-ring (bicyclic) bond motifs is 1. The van der Waals surface area contributed by atoms with Gasteiger partial charge < -0.3 is 19.3 Å². The average molecular weight is 695 g/mol. The summed E-state index contributed by atoms with van der Waals surface area (Å²) < 4.78 is 11.3. The molecular formula is C40H46N4O7. The number of amides is 3. The molecule has 2 atom stereocenters. The van der Waals surface area contributed by atoms with Crippen molar-refractivity contribution in [1.29, 1.82) is 0 Å². The van der Waals surface area contributed by atoms with Gasteiger partial charge in [0.05, 0.1) is 30.5 Å². The Morgan fingerprint density at radius 1 is 0.922 bits per heavy atom. The van der Waals surface area contributed by atoms with Crippen LogP contribution in [0.4, 0.5) is 16.3 Å². The van der Waals surface area contributed by atoms with Gasteiger partial charge in [-0.3, -0.25) is 14.9 Å². The van der Waals surface area contributed by atoms with Gasteiger partial charge in [-0.05, 0) is 87.9 Å². The van der Waals surface area contributed by atoms with Gasteiger partial charge in [0.1, 0.15) is 18.2 Å². The van der Waals surface area contributed by atoms with E-state index in [-0.39, 0.29) is 24.2 Å². The fourth-order valence-electron chi connectivity index (χ4n) is 5.96. The summed E-state index contributed by atoms with van der Waals surface area (Å²) >= 11 is 0. The lowest BCUT2D eigenvalue weighted by Gasteiger charge is -2.36. The highest BCUT2D eigenvalue weighted by atomic mass is 17.2. The van der Waals surface area contributed by atoms with Crippen molar-refractivity contribution in [2.24, 2.45) is 0 Å². The first-order chi connectivity index (χ1) is 24.6. The number of ether oxygens (including phenoxy) is 2. The molecule has 1 aromatic heterocycles. The van der Waals surface area contributed by atoms with Crippen molar-refractivity contribution in [3.63, 3.8) is 0 Å². The summed E-state index contributed by atoms with van der Waals surface area (Å²) in [5.74, 6) is 0.221. The largest absolute Gasteiger partial charge is 0.490 e. The average Bonchev–Trinajstić information content (AvgIpc) is 3.19. The molecule has 2 heterocycles. The van der Waals surface area contributed by atoms with Crippen molar-refractivity contribution in [2.45, 2.75) is 64.6 Å². The van der Waals surface area contributed by atoms with Crippen molar-refractivity contribution in [1.82, 2.24) is 9.88 Å². The molecule has 0 aliphatic carbocycles. The molecule has 5 rings (SSSR count). The van der Waals surface area contributed by atoms with Crippen molar-refractivity contribution in [2.75, 3.05) is 37.1 Å². The lowest BCUT2D eigenvalue weighted by Crippen LogP contribution is -2.44. The predicted octanol–water partition coefficient (Wildman–Crippen LogP) is 7.70. The summed E-state index contributed by atoms with van der Waals surface area (Å²) in [5.41, 5.74) is 2.81. The smallest absolute Gasteiger partial charge is 0.413 e. The number of hydrogen-bond acceptors (Lipinski definition) is 8. The van der Waals surface area contributed by atoms with Crippen molar-refractivity contribution in [3.8, 4) is 5.75 Å². The summed E-state index contributed by atoms with van der Waals surface area (Å²) in [4.78, 5) is 59.8. The molecule has 0 spiro atoms. The Hall–Kier alpha value is -5.26. The Labute approximate surface area is 299 Å². The van der Waals surface area contributed by atoms with Crippen LogP contribution in [0.25, 0.3) is 0 Å². The van der Waals surface area contributed by atoms with Crippen LogP contribution in [-0.4, -0.2) is 60.3 Å². The predicted molar refractivity (Wildman–Crippen MR) is 194 cm³/mol. The zero-order valence-corrected chi connectivity index (χ0v) is 29.8. The van der Waals surface area contributed by atoms with E-state index in [2.05, 4.69) is 10.3 Å². The number of unbranched alkanes of at least 4 members (excludes halogenated alkanes) is 1. The second-order valence-corrected chi connectivity index (χ2v) is 13.2. The molecule has 0 fully saturated rings. The van der Waals surface area contributed by atoms with E-state index in [4.69, 9.17) is 19.2 Å². The topological polar surface area (TPSA) is 120 Å². The van der Waals surface area contributed by atoms with Crippen LogP contribution >= 0.6 is 0 Å². The van der Waals surface area contributed by atoms with Gasteiger partial charge in [-0.2, -0.15) is 0 Å². The number of nitrogens with zero attached hydrogens (tertiary/aromatic N) is 3. The zero-order valence-electron chi connectivity index (χ0n) is 29.8. The second kappa shape index (κ2) is 17.1. The molecule has 0 saturated carbocycles. The number of aryl methyl sites for hydroxylation is 1. The summed E-state index contributed by atoms with van der Waals surface area (Å²) in [7, 11) is 1.71. The number of pyridine rings is 1. The molecule has 51 heavy (non-hydrogen) atoms. The van der Waals surface area contributed by atoms with Crippen molar-refractivity contribution in [3.05, 3.63) is 119 Å². The fourth-order valence-corrected chi connectivity index (χ4v) is 5.96. The molecule has 11 heteroatoms. The summed E-state index contributed by atoms with van der Waals surface area (Å²) in [6.07, 6.45) is 3.11. The van der Waals surface area contributed by atoms with Crippen molar-refractivity contribution < 1.29 is 33.6 Å². The van der Waals surface area contributed by atoms with E-state index in [0.29, 0.717) is 48.6 Å².